The average molecular weight is 467 g/mol. The minimum atomic E-state index is -0.896. The highest BCUT2D eigenvalue weighted by Crippen LogP contribution is 2.34. The van der Waals surface area contributed by atoms with Crippen LogP contribution in [0.5, 0.6) is 11.5 Å². The summed E-state index contributed by atoms with van der Waals surface area (Å²) in [6, 6.07) is 11.4. The molecule has 1 atom stereocenters. The average Bonchev–Trinajstić information content (AvgIpc) is 3.11. The highest BCUT2D eigenvalue weighted by molar-refractivity contribution is 6.23. The molecule has 1 fully saturated rings. The molecule has 1 unspecified atom stereocenters. The Kier molecular flexibility index (Phi) is 7.34. The van der Waals surface area contributed by atoms with Crippen LogP contribution in [-0.2, 0) is 9.59 Å². The minimum absolute atomic E-state index is 0.0623. The molecule has 3 amide bonds. The molecule has 0 bridgehead atoms. The number of carbonyl (C=O) groups excluding carboxylic acids is 3. The first kappa shape index (κ1) is 25.3. The lowest BCUT2D eigenvalue weighted by atomic mass is 9.94. The van der Waals surface area contributed by atoms with Gasteiger partial charge in [-0.05, 0) is 62.1 Å². The predicted molar refractivity (Wildman–Crippen MR) is 132 cm³/mol. The summed E-state index contributed by atoms with van der Waals surface area (Å²) in [5.41, 5.74) is 1.34. The van der Waals surface area contributed by atoms with Gasteiger partial charge < -0.3 is 14.4 Å². The van der Waals surface area contributed by atoms with E-state index in [1.54, 1.807) is 35.2 Å². The summed E-state index contributed by atoms with van der Waals surface area (Å²) in [7, 11) is 3.03. The lowest BCUT2D eigenvalue weighted by molar-refractivity contribution is -0.123. The van der Waals surface area contributed by atoms with Crippen molar-refractivity contribution in [2.24, 2.45) is 0 Å². The van der Waals surface area contributed by atoms with Crippen molar-refractivity contribution in [2.45, 2.75) is 65.0 Å². The molecular formula is C27H34N2O5. The van der Waals surface area contributed by atoms with Crippen LogP contribution in [0.4, 0.5) is 5.69 Å². The van der Waals surface area contributed by atoms with E-state index in [4.69, 9.17) is 9.47 Å². The molecule has 2 aromatic rings. The third kappa shape index (κ3) is 4.65. The Morgan fingerprint density at radius 1 is 1.06 bits per heavy atom. The van der Waals surface area contributed by atoms with Gasteiger partial charge in [-0.25, -0.2) is 4.90 Å². The Hall–Kier alpha value is -3.35. The maximum absolute atomic E-state index is 13.8. The summed E-state index contributed by atoms with van der Waals surface area (Å²) < 4.78 is 10.6. The van der Waals surface area contributed by atoms with E-state index in [9.17, 15) is 14.4 Å². The molecule has 1 aliphatic rings. The largest absolute Gasteiger partial charge is 0.493 e. The zero-order chi connectivity index (χ0) is 25.2. The number of anilines is 1. The Bertz CT molecular complexity index is 1070. The smallest absolute Gasteiger partial charge is 0.257 e. The van der Waals surface area contributed by atoms with Crippen molar-refractivity contribution in [3.63, 3.8) is 0 Å². The van der Waals surface area contributed by atoms with Crippen LogP contribution in [0.2, 0.25) is 0 Å². The monoisotopic (exact) mass is 466 g/mol. The molecule has 34 heavy (non-hydrogen) atoms. The fourth-order valence-electron chi connectivity index (χ4n) is 4.21. The first-order valence-corrected chi connectivity index (χ1v) is 11.6. The molecule has 182 valence electrons. The quantitative estimate of drug-likeness (QED) is 0.523. The molecule has 7 heteroatoms. The second-order valence-corrected chi connectivity index (χ2v) is 9.44. The maximum Gasteiger partial charge on any atom is 0.257 e. The van der Waals surface area contributed by atoms with Gasteiger partial charge in [0, 0.05) is 11.1 Å². The Morgan fingerprint density at radius 3 is 2.21 bits per heavy atom. The van der Waals surface area contributed by atoms with Gasteiger partial charge in [0.05, 0.1) is 26.3 Å². The number of ether oxygens (including phenoxy) is 2. The fourth-order valence-corrected chi connectivity index (χ4v) is 4.21. The molecule has 1 heterocycles. The maximum atomic E-state index is 13.8. The van der Waals surface area contributed by atoms with Crippen molar-refractivity contribution in [2.75, 3.05) is 19.1 Å². The zero-order valence-electron chi connectivity index (χ0n) is 21.0. The molecule has 0 saturated carbocycles. The standard InChI is InChI=1S/C27H34N2O5/c1-8-27(4,5)29(25(31)19-11-14-22(33-6)23(15-19)34-7)21-16-24(30)28(26(21)32)20-12-9-18(10-13-20)17(2)3/h9-15,17,21H,8,16H2,1-7H3. The van der Waals surface area contributed by atoms with E-state index < -0.39 is 17.5 Å². The van der Waals surface area contributed by atoms with Crippen molar-refractivity contribution in [1.82, 2.24) is 4.90 Å². The van der Waals surface area contributed by atoms with Crippen LogP contribution in [0.25, 0.3) is 0 Å². The molecule has 0 aromatic heterocycles. The molecule has 0 aliphatic carbocycles. The summed E-state index contributed by atoms with van der Waals surface area (Å²) in [6.07, 6.45) is 0.542. The van der Waals surface area contributed by atoms with E-state index in [0.717, 1.165) is 5.56 Å². The highest BCUT2D eigenvalue weighted by atomic mass is 16.5. The molecule has 0 N–H and O–H groups in total. The summed E-state index contributed by atoms with van der Waals surface area (Å²) in [4.78, 5) is 43.1. The van der Waals surface area contributed by atoms with Gasteiger partial charge in [-0.3, -0.25) is 14.4 Å². The molecule has 1 aliphatic heterocycles. The highest BCUT2D eigenvalue weighted by Gasteiger charge is 2.48. The van der Waals surface area contributed by atoms with Gasteiger partial charge in [-0.2, -0.15) is 0 Å². The van der Waals surface area contributed by atoms with Crippen LogP contribution in [0.1, 0.15) is 69.3 Å². The van der Waals surface area contributed by atoms with E-state index in [0.29, 0.717) is 35.1 Å². The second kappa shape index (κ2) is 9.87. The first-order valence-electron chi connectivity index (χ1n) is 11.6. The van der Waals surface area contributed by atoms with Gasteiger partial charge in [0.1, 0.15) is 6.04 Å². The van der Waals surface area contributed by atoms with Crippen molar-refractivity contribution >= 4 is 23.4 Å². The summed E-state index contributed by atoms with van der Waals surface area (Å²) >= 11 is 0. The normalized spacial score (nSPS) is 16.2. The van der Waals surface area contributed by atoms with Gasteiger partial charge in [0.2, 0.25) is 5.91 Å². The molecule has 2 aromatic carbocycles. The lowest BCUT2D eigenvalue weighted by Crippen LogP contribution is -2.55. The third-order valence-electron chi connectivity index (χ3n) is 6.62. The van der Waals surface area contributed by atoms with Crippen LogP contribution >= 0.6 is 0 Å². The van der Waals surface area contributed by atoms with E-state index in [1.165, 1.54) is 19.1 Å². The van der Waals surface area contributed by atoms with Gasteiger partial charge in [0.15, 0.2) is 11.5 Å². The van der Waals surface area contributed by atoms with Crippen molar-refractivity contribution < 1.29 is 23.9 Å². The van der Waals surface area contributed by atoms with Crippen molar-refractivity contribution in [1.29, 1.82) is 0 Å². The predicted octanol–water partition coefficient (Wildman–Crippen LogP) is 4.79. The SMILES string of the molecule is CCC(C)(C)N(C(=O)c1ccc(OC)c(OC)c1)C1CC(=O)N(c2ccc(C(C)C)cc2)C1=O. The number of hydrogen-bond donors (Lipinski definition) is 0. The number of imide groups is 1. The third-order valence-corrected chi connectivity index (χ3v) is 6.62. The van der Waals surface area contributed by atoms with Gasteiger partial charge in [-0.15, -0.1) is 0 Å². The number of methoxy groups -OCH3 is 2. The number of nitrogens with zero attached hydrogens (tertiary/aromatic N) is 2. The summed E-state index contributed by atoms with van der Waals surface area (Å²) in [5, 5.41) is 0. The van der Waals surface area contributed by atoms with Crippen LogP contribution in [0.3, 0.4) is 0 Å². The summed E-state index contributed by atoms with van der Waals surface area (Å²) in [6.45, 7) is 9.94. The zero-order valence-corrected chi connectivity index (χ0v) is 21.0. The topological polar surface area (TPSA) is 76.2 Å². The Balaban J connectivity index is 1.99. The Morgan fingerprint density at radius 2 is 1.68 bits per heavy atom. The number of amides is 3. The van der Waals surface area contributed by atoms with Crippen LogP contribution < -0.4 is 14.4 Å². The van der Waals surface area contributed by atoms with E-state index in [2.05, 4.69) is 13.8 Å². The number of benzene rings is 2. The minimum Gasteiger partial charge on any atom is -0.493 e. The van der Waals surface area contributed by atoms with Crippen LogP contribution in [0.15, 0.2) is 42.5 Å². The fraction of sp³-hybridized carbons (Fsp3) is 0.444. The summed E-state index contributed by atoms with van der Waals surface area (Å²) in [5.74, 6) is 0.219. The second-order valence-electron chi connectivity index (χ2n) is 9.44. The first-order chi connectivity index (χ1) is 16.0. The van der Waals surface area contributed by atoms with E-state index >= 15 is 0 Å². The van der Waals surface area contributed by atoms with Crippen molar-refractivity contribution in [3.8, 4) is 11.5 Å². The van der Waals surface area contributed by atoms with Crippen molar-refractivity contribution in [3.05, 3.63) is 53.6 Å². The number of carbonyl (C=O) groups is 3. The molecular weight excluding hydrogens is 432 g/mol. The van der Waals surface area contributed by atoms with Crippen LogP contribution in [0, 0.1) is 0 Å². The van der Waals surface area contributed by atoms with Gasteiger partial charge >= 0.3 is 0 Å². The molecule has 7 nitrogen and oxygen atoms in total. The van der Waals surface area contributed by atoms with E-state index in [-0.39, 0.29) is 18.2 Å². The van der Waals surface area contributed by atoms with Gasteiger partial charge in [-0.1, -0.05) is 32.9 Å². The van der Waals surface area contributed by atoms with E-state index in [1.807, 2.05) is 32.9 Å². The number of hydrogen-bond acceptors (Lipinski definition) is 5. The lowest BCUT2D eigenvalue weighted by Gasteiger charge is -2.41. The molecule has 0 spiro atoms. The number of rotatable bonds is 8. The Labute approximate surface area is 201 Å². The van der Waals surface area contributed by atoms with Crippen LogP contribution in [-0.4, -0.2) is 48.4 Å². The molecule has 1 saturated heterocycles. The van der Waals surface area contributed by atoms with Gasteiger partial charge in [0.25, 0.3) is 11.8 Å². The molecule has 3 rings (SSSR count). The molecule has 0 radical (unpaired) electrons.